The number of aromatic nitrogens is 7. The van der Waals surface area contributed by atoms with E-state index in [0.717, 1.165) is 17.5 Å². The number of nitrogens with zero attached hydrogens (tertiary/aromatic N) is 6. The molecule has 3 N–H and O–H groups in total. The lowest BCUT2D eigenvalue weighted by Crippen LogP contribution is -2.19. The molecule has 6 aromatic rings. The first-order valence-corrected chi connectivity index (χ1v) is 13.9. The van der Waals surface area contributed by atoms with E-state index in [-0.39, 0.29) is 5.91 Å². The topological polar surface area (TPSA) is 138 Å². The molecule has 0 spiro atoms. The van der Waals surface area contributed by atoms with Crippen LogP contribution in [0, 0.1) is 5.82 Å². The van der Waals surface area contributed by atoms with Crippen molar-refractivity contribution in [3.05, 3.63) is 66.9 Å². The third-order valence-electron chi connectivity index (χ3n) is 6.80. The minimum absolute atomic E-state index is 0.0637. The van der Waals surface area contributed by atoms with E-state index in [0.29, 0.717) is 76.0 Å². The summed E-state index contributed by atoms with van der Waals surface area (Å²) in [5.74, 6) is 0.433. The minimum atomic E-state index is -0.406. The van der Waals surface area contributed by atoms with Crippen LogP contribution in [0.1, 0.15) is 19.8 Å². The van der Waals surface area contributed by atoms with Crippen LogP contribution in [-0.4, -0.2) is 73.2 Å². The van der Waals surface area contributed by atoms with Crippen LogP contribution in [0.15, 0.2) is 61.1 Å². The van der Waals surface area contributed by atoms with Gasteiger partial charge in [0.05, 0.1) is 23.1 Å². The maximum absolute atomic E-state index is 14.6. The molecule has 6 rings (SSSR count). The molecule has 11 nitrogen and oxygen atoms in total. The Hall–Kier alpha value is -5.23. The smallest absolute Gasteiger partial charge is 0.224 e. The number of ether oxygens (including phenoxy) is 1. The summed E-state index contributed by atoms with van der Waals surface area (Å²) in [5, 5.41) is 10.4. The fourth-order valence-corrected chi connectivity index (χ4v) is 4.73. The minimum Gasteiger partial charge on any atom is -0.492 e. The second kappa shape index (κ2) is 11.9. The van der Waals surface area contributed by atoms with Crippen LogP contribution in [0.2, 0.25) is 0 Å². The van der Waals surface area contributed by atoms with Gasteiger partial charge in [0.1, 0.15) is 29.2 Å². The number of H-pyrrole nitrogens is 2. The molecule has 0 aliphatic rings. The number of carbonyl (C=O) groups excluding carboxylic acids is 1. The van der Waals surface area contributed by atoms with Gasteiger partial charge in [0.2, 0.25) is 5.91 Å². The number of imidazole rings is 1. The Morgan fingerprint density at radius 2 is 1.93 bits per heavy atom. The van der Waals surface area contributed by atoms with Crippen LogP contribution in [0.4, 0.5) is 10.1 Å². The molecule has 1 amide bonds. The Morgan fingerprint density at radius 1 is 1.05 bits per heavy atom. The van der Waals surface area contributed by atoms with Gasteiger partial charge in [-0.05, 0) is 62.5 Å². The molecule has 43 heavy (non-hydrogen) atoms. The standard InChI is InChI=1S/C31H30FN9O2/c1-4-5-26(42)35-21-13-19(16-33-17-21)24-6-7-25-28(36-24)29(40-39-25)31-37-27-23(8-9-34-30(27)38-31)18-12-20(32)15-22(14-18)43-11-10-41(2)3/h6-9,12-17H,4-5,10-11H2,1-3H3,(H,35,42)(H,39,40)(H,34,37,38). The summed E-state index contributed by atoms with van der Waals surface area (Å²) in [6, 6.07) is 12.0. The Labute approximate surface area is 246 Å². The lowest BCUT2D eigenvalue weighted by molar-refractivity contribution is -0.116. The Bertz CT molecular complexity index is 1930. The van der Waals surface area contributed by atoms with Crippen molar-refractivity contribution in [3.63, 3.8) is 0 Å². The lowest BCUT2D eigenvalue weighted by Gasteiger charge is -2.12. The summed E-state index contributed by atoms with van der Waals surface area (Å²) >= 11 is 0. The number of hydrogen-bond donors (Lipinski definition) is 3. The first-order valence-electron chi connectivity index (χ1n) is 13.9. The van der Waals surface area contributed by atoms with Crippen molar-refractivity contribution in [1.29, 1.82) is 0 Å². The van der Waals surface area contributed by atoms with Gasteiger partial charge in [0, 0.05) is 42.6 Å². The average Bonchev–Trinajstić information content (AvgIpc) is 3.60. The number of benzene rings is 1. The highest BCUT2D eigenvalue weighted by Gasteiger charge is 2.18. The second-order valence-electron chi connectivity index (χ2n) is 10.4. The predicted molar refractivity (Wildman–Crippen MR) is 163 cm³/mol. The van der Waals surface area contributed by atoms with Crippen LogP contribution in [0.5, 0.6) is 5.75 Å². The molecule has 218 valence electrons. The molecule has 0 saturated carbocycles. The maximum atomic E-state index is 14.6. The van der Waals surface area contributed by atoms with Gasteiger partial charge in [-0.25, -0.2) is 19.3 Å². The number of likely N-dealkylation sites (N-methyl/N-ethyl adjacent to an activating group) is 1. The molecule has 0 aliphatic heterocycles. The number of halogens is 1. The van der Waals surface area contributed by atoms with Crippen molar-refractivity contribution in [2.24, 2.45) is 0 Å². The van der Waals surface area contributed by atoms with Crippen molar-refractivity contribution in [2.45, 2.75) is 19.8 Å². The summed E-state index contributed by atoms with van der Waals surface area (Å²) in [4.78, 5) is 35.7. The molecule has 0 saturated heterocycles. The Balaban J connectivity index is 1.35. The number of aromatic amines is 2. The molecule has 0 bridgehead atoms. The average molecular weight is 580 g/mol. The fraction of sp³-hybridized carbons (Fsp3) is 0.226. The van der Waals surface area contributed by atoms with E-state index in [2.05, 4.69) is 30.5 Å². The number of pyridine rings is 3. The van der Waals surface area contributed by atoms with E-state index in [1.807, 2.05) is 44.1 Å². The van der Waals surface area contributed by atoms with Crippen molar-refractivity contribution in [2.75, 3.05) is 32.6 Å². The molecular formula is C31H30FN9O2. The van der Waals surface area contributed by atoms with Crippen molar-refractivity contribution >= 4 is 33.8 Å². The number of hydrogen-bond acceptors (Lipinski definition) is 8. The Kier molecular flexibility index (Phi) is 7.75. The van der Waals surface area contributed by atoms with Gasteiger partial charge in [-0.3, -0.25) is 14.9 Å². The summed E-state index contributed by atoms with van der Waals surface area (Å²) in [6.45, 7) is 3.10. The molecule has 0 aliphatic carbocycles. The monoisotopic (exact) mass is 579 g/mol. The molecule has 0 unspecified atom stereocenters. The van der Waals surface area contributed by atoms with Crippen LogP contribution in [0.3, 0.4) is 0 Å². The number of fused-ring (bicyclic) bond motifs is 2. The van der Waals surface area contributed by atoms with E-state index in [1.165, 1.54) is 12.1 Å². The second-order valence-corrected chi connectivity index (χ2v) is 10.4. The summed E-state index contributed by atoms with van der Waals surface area (Å²) in [5.41, 5.74) is 6.24. The third-order valence-corrected chi connectivity index (χ3v) is 6.80. The van der Waals surface area contributed by atoms with Gasteiger partial charge in [0.25, 0.3) is 0 Å². The van der Waals surface area contributed by atoms with Gasteiger partial charge in [-0.1, -0.05) is 6.92 Å². The number of amides is 1. The predicted octanol–water partition coefficient (Wildman–Crippen LogP) is 5.44. The lowest BCUT2D eigenvalue weighted by atomic mass is 10.1. The van der Waals surface area contributed by atoms with E-state index in [4.69, 9.17) is 14.7 Å². The van der Waals surface area contributed by atoms with Gasteiger partial charge < -0.3 is 19.9 Å². The third kappa shape index (κ3) is 6.04. The largest absolute Gasteiger partial charge is 0.492 e. The number of rotatable bonds is 10. The number of anilines is 1. The van der Waals surface area contributed by atoms with Crippen LogP contribution >= 0.6 is 0 Å². The van der Waals surface area contributed by atoms with Crippen molar-refractivity contribution < 1.29 is 13.9 Å². The molecular weight excluding hydrogens is 549 g/mol. The van der Waals surface area contributed by atoms with E-state index in [1.54, 1.807) is 30.7 Å². The molecule has 1 aromatic carbocycles. The molecule has 0 atom stereocenters. The van der Waals surface area contributed by atoms with Crippen LogP contribution < -0.4 is 10.1 Å². The normalized spacial score (nSPS) is 11.5. The van der Waals surface area contributed by atoms with Gasteiger partial charge in [-0.2, -0.15) is 5.10 Å². The Morgan fingerprint density at radius 3 is 2.77 bits per heavy atom. The van der Waals surface area contributed by atoms with Crippen molar-refractivity contribution in [1.82, 2.24) is 40.0 Å². The van der Waals surface area contributed by atoms with E-state index < -0.39 is 5.82 Å². The highest BCUT2D eigenvalue weighted by Crippen LogP contribution is 2.33. The van der Waals surface area contributed by atoms with E-state index >= 15 is 0 Å². The summed E-state index contributed by atoms with van der Waals surface area (Å²) in [7, 11) is 3.90. The summed E-state index contributed by atoms with van der Waals surface area (Å²) in [6.07, 6.45) is 6.14. The van der Waals surface area contributed by atoms with Gasteiger partial charge in [0.15, 0.2) is 17.2 Å². The number of nitrogens with one attached hydrogen (secondary N) is 3. The zero-order valence-electron chi connectivity index (χ0n) is 24.0. The number of carbonyl (C=O) groups is 1. The highest BCUT2D eigenvalue weighted by molar-refractivity contribution is 5.95. The first-order chi connectivity index (χ1) is 20.9. The molecule has 5 heterocycles. The van der Waals surface area contributed by atoms with Crippen LogP contribution in [-0.2, 0) is 4.79 Å². The molecule has 12 heteroatoms. The quantitative estimate of drug-likeness (QED) is 0.195. The van der Waals surface area contributed by atoms with Gasteiger partial charge >= 0.3 is 0 Å². The zero-order valence-corrected chi connectivity index (χ0v) is 24.0. The SMILES string of the molecule is CCCC(=O)Nc1cncc(-c2ccc3[nH]nc(-c4nc5c(-c6cc(F)cc(OCCN(C)C)c6)ccnc5[nH]4)c3n2)c1. The fourth-order valence-electron chi connectivity index (χ4n) is 4.73. The van der Waals surface area contributed by atoms with E-state index in [9.17, 15) is 9.18 Å². The molecule has 0 radical (unpaired) electrons. The first kappa shape index (κ1) is 27.9. The zero-order chi connectivity index (χ0) is 29.9. The highest BCUT2D eigenvalue weighted by atomic mass is 19.1. The maximum Gasteiger partial charge on any atom is 0.224 e. The van der Waals surface area contributed by atoms with Crippen LogP contribution in [0.25, 0.3) is 56.1 Å². The molecule has 5 aromatic heterocycles. The molecule has 0 fully saturated rings. The van der Waals surface area contributed by atoms with Gasteiger partial charge in [-0.15, -0.1) is 0 Å². The summed E-state index contributed by atoms with van der Waals surface area (Å²) < 4.78 is 20.4. The van der Waals surface area contributed by atoms with Crippen molar-refractivity contribution in [3.8, 4) is 39.7 Å².